The molecular weight excluding hydrogens is 344 g/mol. The minimum absolute atomic E-state index is 0.0530. The van der Waals surface area contributed by atoms with E-state index in [0.29, 0.717) is 37.8 Å². The van der Waals surface area contributed by atoms with Gasteiger partial charge in [-0.2, -0.15) is 0 Å². The molecule has 2 aliphatic heterocycles. The van der Waals surface area contributed by atoms with Crippen LogP contribution in [0.1, 0.15) is 17.5 Å². The average molecular weight is 366 g/mol. The Kier molecular flexibility index (Phi) is 4.71. The van der Waals surface area contributed by atoms with Crippen molar-refractivity contribution in [3.63, 3.8) is 0 Å². The maximum Gasteiger partial charge on any atom is 0.227 e. The molecule has 1 fully saturated rings. The first kappa shape index (κ1) is 17.4. The average Bonchev–Trinajstić information content (AvgIpc) is 3.08. The van der Waals surface area contributed by atoms with Crippen LogP contribution in [0.5, 0.6) is 11.5 Å². The van der Waals surface area contributed by atoms with Gasteiger partial charge < -0.3 is 19.7 Å². The third kappa shape index (κ3) is 3.60. The zero-order valence-electron chi connectivity index (χ0n) is 15.2. The van der Waals surface area contributed by atoms with Crippen molar-refractivity contribution in [1.29, 1.82) is 0 Å². The number of carbonyl (C=O) groups excluding carboxylic acids is 2. The number of hydrogen-bond acceptors (Lipinski definition) is 4. The predicted molar refractivity (Wildman–Crippen MR) is 101 cm³/mol. The molecule has 6 nitrogen and oxygen atoms in total. The van der Waals surface area contributed by atoms with E-state index in [1.807, 2.05) is 43.3 Å². The van der Waals surface area contributed by atoms with Gasteiger partial charge in [0, 0.05) is 31.3 Å². The molecular formula is C21H22N2O4. The highest BCUT2D eigenvalue weighted by Gasteiger charge is 2.35. The van der Waals surface area contributed by atoms with Gasteiger partial charge in [-0.15, -0.1) is 0 Å². The lowest BCUT2D eigenvalue weighted by Crippen LogP contribution is -2.32. The standard InChI is InChI=1S/C21H22N2O4/c1-14-4-2-3-5-15(14)12-22-21(25)16-10-20(24)23(13-16)17-6-7-18-19(11-17)27-9-8-26-18/h2-7,11,16H,8-10,12-13H2,1H3,(H,22,25)/t16-/m1/s1. The first-order valence-electron chi connectivity index (χ1n) is 9.14. The second-order valence-corrected chi connectivity index (χ2v) is 6.88. The maximum absolute atomic E-state index is 12.6. The van der Waals surface area contributed by atoms with E-state index >= 15 is 0 Å². The molecule has 0 saturated carbocycles. The summed E-state index contributed by atoms with van der Waals surface area (Å²) < 4.78 is 11.1. The largest absolute Gasteiger partial charge is 0.486 e. The van der Waals surface area contributed by atoms with Crippen molar-refractivity contribution in [2.75, 3.05) is 24.7 Å². The predicted octanol–water partition coefficient (Wildman–Crippen LogP) is 2.44. The molecule has 4 rings (SSSR count). The first-order valence-corrected chi connectivity index (χ1v) is 9.14. The van der Waals surface area contributed by atoms with Gasteiger partial charge in [-0.3, -0.25) is 9.59 Å². The van der Waals surface area contributed by atoms with Crippen molar-refractivity contribution in [2.45, 2.75) is 19.9 Å². The quantitative estimate of drug-likeness (QED) is 0.902. The Balaban J connectivity index is 1.41. The van der Waals surface area contributed by atoms with Crippen LogP contribution in [0, 0.1) is 12.8 Å². The molecule has 0 aliphatic carbocycles. The molecule has 27 heavy (non-hydrogen) atoms. The van der Waals surface area contributed by atoms with Crippen LogP contribution in [-0.2, 0) is 16.1 Å². The number of aryl methyl sites for hydroxylation is 1. The summed E-state index contributed by atoms with van der Waals surface area (Å²) in [6.07, 6.45) is 0.216. The van der Waals surface area contributed by atoms with E-state index in [9.17, 15) is 9.59 Å². The van der Waals surface area contributed by atoms with Crippen LogP contribution in [0.25, 0.3) is 0 Å². The molecule has 2 amide bonds. The summed E-state index contributed by atoms with van der Waals surface area (Å²) >= 11 is 0. The molecule has 2 heterocycles. The number of ether oxygens (including phenoxy) is 2. The van der Waals surface area contributed by atoms with Gasteiger partial charge in [-0.1, -0.05) is 24.3 Å². The number of nitrogens with zero attached hydrogens (tertiary/aromatic N) is 1. The van der Waals surface area contributed by atoms with E-state index in [1.54, 1.807) is 11.0 Å². The van der Waals surface area contributed by atoms with Gasteiger partial charge in [-0.25, -0.2) is 0 Å². The zero-order chi connectivity index (χ0) is 18.8. The van der Waals surface area contributed by atoms with E-state index < -0.39 is 0 Å². The van der Waals surface area contributed by atoms with Crippen molar-refractivity contribution in [2.24, 2.45) is 5.92 Å². The number of nitrogens with one attached hydrogen (secondary N) is 1. The highest BCUT2D eigenvalue weighted by molar-refractivity contribution is 6.00. The highest BCUT2D eigenvalue weighted by atomic mass is 16.6. The maximum atomic E-state index is 12.6. The van der Waals surface area contributed by atoms with E-state index in [1.165, 1.54) is 0 Å². The van der Waals surface area contributed by atoms with Gasteiger partial charge in [-0.05, 0) is 30.2 Å². The fourth-order valence-electron chi connectivity index (χ4n) is 3.47. The number of fused-ring (bicyclic) bond motifs is 1. The minimum atomic E-state index is -0.352. The van der Waals surface area contributed by atoms with Crippen molar-refractivity contribution in [1.82, 2.24) is 5.32 Å². The lowest BCUT2D eigenvalue weighted by molar-refractivity contribution is -0.126. The number of amides is 2. The number of hydrogen-bond donors (Lipinski definition) is 1. The van der Waals surface area contributed by atoms with E-state index in [2.05, 4.69) is 5.32 Å². The Labute approximate surface area is 158 Å². The monoisotopic (exact) mass is 366 g/mol. The van der Waals surface area contributed by atoms with Crippen LogP contribution in [-0.4, -0.2) is 31.6 Å². The molecule has 0 aromatic heterocycles. The molecule has 2 aliphatic rings. The Bertz CT molecular complexity index is 880. The summed E-state index contributed by atoms with van der Waals surface area (Å²) in [6.45, 7) is 3.88. The van der Waals surface area contributed by atoms with E-state index in [-0.39, 0.29) is 24.2 Å². The SMILES string of the molecule is Cc1ccccc1CNC(=O)[C@@H]1CC(=O)N(c2ccc3c(c2)OCCO3)C1. The highest BCUT2D eigenvalue weighted by Crippen LogP contribution is 2.36. The first-order chi connectivity index (χ1) is 13.1. The third-order valence-corrected chi connectivity index (χ3v) is 5.05. The lowest BCUT2D eigenvalue weighted by Gasteiger charge is -2.22. The van der Waals surface area contributed by atoms with Gasteiger partial charge in [0.2, 0.25) is 11.8 Å². The molecule has 0 unspecified atom stereocenters. The number of carbonyl (C=O) groups is 2. The summed E-state index contributed by atoms with van der Waals surface area (Å²) in [6, 6.07) is 13.4. The molecule has 2 aromatic carbocycles. The van der Waals surface area contributed by atoms with Gasteiger partial charge in [0.1, 0.15) is 13.2 Å². The van der Waals surface area contributed by atoms with Gasteiger partial charge >= 0.3 is 0 Å². The fraction of sp³-hybridized carbons (Fsp3) is 0.333. The van der Waals surface area contributed by atoms with Gasteiger partial charge in [0.15, 0.2) is 11.5 Å². The van der Waals surface area contributed by atoms with Gasteiger partial charge in [0.05, 0.1) is 5.92 Å². The van der Waals surface area contributed by atoms with Crippen molar-refractivity contribution in [3.05, 3.63) is 53.6 Å². The minimum Gasteiger partial charge on any atom is -0.486 e. The molecule has 140 valence electrons. The second kappa shape index (κ2) is 7.31. The molecule has 6 heteroatoms. The smallest absolute Gasteiger partial charge is 0.227 e. The molecule has 1 N–H and O–H groups in total. The summed E-state index contributed by atoms with van der Waals surface area (Å²) in [5, 5.41) is 2.96. The Morgan fingerprint density at radius 1 is 1.15 bits per heavy atom. The second-order valence-electron chi connectivity index (χ2n) is 6.88. The van der Waals surface area contributed by atoms with E-state index in [4.69, 9.17) is 9.47 Å². The van der Waals surface area contributed by atoms with Crippen LogP contribution in [0.4, 0.5) is 5.69 Å². The van der Waals surface area contributed by atoms with Crippen LogP contribution in [0.15, 0.2) is 42.5 Å². The number of anilines is 1. The third-order valence-electron chi connectivity index (χ3n) is 5.05. The van der Waals surface area contributed by atoms with Crippen LogP contribution < -0.4 is 19.7 Å². The van der Waals surface area contributed by atoms with Crippen LogP contribution >= 0.6 is 0 Å². The molecule has 2 aromatic rings. The van der Waals surface area contributed by atoms with Crippen LogP contribution in [0.3, 0.4) is 0 Å². The summed E-state index contributed by atoms with van der Waals surface area (Å²) in [5.41, 5.74) is 2.95. The van der Waals surface area contributed by atoms with E-state index in [0.717, 1.165) is 16.8 Å². The Morgan fingerprint density at radius 2 is 1.93 bits per heavy atom. The summed E-state index contributed by atoms with van der Waals surface area (Å²) in [4.78, 5) is 26.7. The number of rotatable bonds is 4. The molecule has 1 atom stereocenters. The molecule has 0 spiro atoms. The van der Waals surface area contributed by atoms with Crippen molar-refractivity contribution in [3.8, 4) is 11.5 Å². The molecule has 0 radical (unpaired) electrons. The topological polar surface area (TPSA) is 67.9 Å². The Morgan fingerprint density at radius 3 is 2.74 bits per heavy atom. The summed E-state index contributed by atoms with van der Waals surface area (Å²) in [5.74, 6) is 0.826. The lowest BCUT2D eigenvalue weighted by atomic mass is 10.1. The van der Waals surface area contributed by atoms with Gasteiger partial charge in [0.25, 0.3) is 0 Å². The fourth-order valence-corrected chi connectivity index (χ4v) is 3.47. The zero-order valence-corrected chi connectivity index (χ0v) is 15.2. The Hall–Kier alpha value is -3.02. The summed E-state index contributed by atoms with van der Waals surface area (Å²) in [7, 11) is 0. The van der Waals surface area contributed by atoms with Crippen LogP contribution in [0.2, 0.25) is 0 Å². The molecule has 1 saturated heterocycles. The van der Waals surface area contributed by atoms with Crippen molar-refractivity contribution >= 4 is 17.5 Å². The van der Waals surface area contributed by atoms with Crippen molar-refractivity contribution < 1.29 is 19.1 Å². The number of benzene rings is 2. The molecule has 0 bridgehead atoms. The normalized spacial score (nSPS) is 18.5.